The molecule has 1 heterocycles. The van der Waals surface area contributed by atoms with Gasteiger partial charge in [0.25, 0.3) is 0 Å². The van der Waals surface area contributed by atoms with Crippen LogP contribution in [0.2, 0.25) is 0 Å². The SMILES string of the molecule is CC(C)NCC(CCc1cnn(C)c1)C(C)C. The molecular weight excluding hydrogens is 210 g/mol. The number of rotatable bonds is 7. The summed E-state index contributed by atoms with van der Waals surface area (Å²) in [5.74, 6) is 1.48. The van der Waals surface area contributed by atoms with Crippen molar-refractivity contribution in [3.8, 4) is 0 Å². The lowest BCUT2D eigenvalue weighted by atomic mass is 9.90. The van der Waals surface area contributed by atoms with E-state index in [1.54, 1.807) is 0 Å². The third-order valence-electron chi connectivity index (χ3n) is 3.29. The lowest BCUT2D eigenvalue weighted by Crippen LogP contribution is -2.31. The Labute approximate surface area is 106 Å². The van der Waals surface area contributed by atoms with Crippen molar-refractivity contribution in [3.63, 3.8) is 0 Å². The third-order valence-corrected chi connectivity index (χ3v) is 3.29. The van der Waals surface area contributed by atoms with Crippen molar-refractivity contribution >= 4 is 0 Å². The molecule has 0 saturated heterocycles. The molecule has 1 atom stereocenters. The maximum Gasteiger partial charge on any atom is 0.0521 e. The monoisotopic (exact) mass is 237 g/mol. The number of hydrogen-bond acceptors (Lipinski definition) is 2. The third kappa shape index (κ3) is 5.35. The van der Waals surface area contributed by atoms with Gasteiger partial charge in [-0.25, -0.2) is 0 Å². The summed E-state index contributed by atoms with van der Waals surface area (Å²) >= 11 is 0. The first kappa shape index (κ1) is 14.2. The molecule has 0 fully saturated rings. The van der Waals surface area contributed by atoms with Crippen molar-refractivity contribution in [2.75, 3.05) is 6.54 Å². The van der Waals surface area contributed by atoms with Crippen LogP contribution in [-0.2, 0) is 13.5 Å². The summed E-state index contributed by atoms with van der Waals surface area (Å²) in [6.07, 6.45) is 6.47. The van der Waals surface area contributed by atoms with Gasteiger partial charge >= 0.3 is 0 Å². The van der Waals surface area contributed by atoms with Crippen LogP contribution >= 0.6 is 0 Å². The minimum Gasteiger partial charge on any atom is -0.314 e. The molecule has 0 radical (unpaired) electrons. The second-order valence-electron chi connectivity index (χ2n) is 5.63. The van der Waals surface area contributed by atoms with Gasteiger partial charge < -0.3 is 5.32 Å². The first-order valence-corrected chi connectivity index (χ1v) is 6.70. The van der Waals surface area contributed by atoms with E-state index in [0.717, 1.165) is 24.8 Å². The molecule has 1 N–H and O–H groups in total. The highest BCUT2D eigenvalue weighted by Gasteiger charge is 2.14. The van der Waals surface area contributed by atoms with Gasteiger partial charge in [0.15, 0.2) is 0 Å². The normalized spacial score (nSPS) is 13.6. The topological polar surface area (TPSA) is 29.9 Å². The van der Waals surface area contributed by atoms with Crippen molar-refractivity contribution in [3.05, 3.63) is 18.0 Å². The predicted octanol–water partition coefficient (Wildman–Crippen LogP) is 2.62. The van der Waals surface area contributed by atoms with E-state index in [9.17, 15) is 0 Å². The van der Waals surface area contributed by atoms with Gasteiger partial charge in [0.2, 0.25) is 0 Å². The molecular formula is C14H27N3. The van der Waals surface area contributed by atoms with Crippen LogP contribution in [0.25, 0.3) is 0 Å². The Kier molecular flexibility index (Phi) is 5.69. The van der Waals surface area contributed by atoms with Gasteiger partial charge in [0.05, 0.1) is 6.20 Å². The average Bonchev–Trinajstić information content (AvgIpc) is 2.63. The van der Waals surface area contributed by atoms with Crippen molar-refractivity contribution in [1.82, 2.24) is 15.1 Å². The lowest BCUT2D eigenvalue weighted by molar-refractivity contribution is 0.331. The molecule has 0 saturated carbocycles. The zero-order valence-electron chi connectivity index (χ0n) is 11.9. The summed E-state index contributed by atoms with van der Waals surface area (Å²) in [6, 6.07) is 0.578. The number of nitrogens with one attached hydrogen (secondary N) is 1. The van der Waals surface area contributed by atoms with E-state index < -0.39 is 0 Å². The quantitative estimate of drug-likeness (QED) is 0.790. The number of nitrogens with zero attached hydrogens (tertiary/aromatic N) is 2. The predicted molar refractivity (Wildman–Crippen MR) is 73.0 cm³/mol. The summed E-state index contributed by atoms with van der Waals surface area (Å²) in [6.45, 7) is 10.2. The van der Waals surface area contributed by atoms with E-state index in [0.29, 0.717) is 6.04 Å². The maximum absolute atomic E-state index is 4.21. The first-order valence-electron chi connectivity index (χ1n) is 6.70. The fourth-order valence-corrected chi connectivity index (χ4v) is 2.01. The summed E-state index contributed by atoms with van der Waals surface area (Å²) < 4.78 is 1.88. The van der Waals surface area contributed by atoms with E-state index in [4.69, 9.17) is 0 Å². The summed E-state index contributed by atoms with van der Waals surface area (Å²) in [5.41, 5.74) is 1.35. The number of hydrogen-bond donors (Lipinski definition) is 1. The van der Waals surface area contributed by atoms with Crippen LogP contribution in [0, 0.1) is 11.8 Å². The Morgan fingerprint density at radius 3 is 2.47 bits per heavy atom. The number of aromatic nitrogens is 2. The Balaban J connectivity index is 2.38. The van der Waals surface area contributed by atoms with E-state index in [1.807, 2.05) is 17.9 Å². The zero-order chi connectivity index (χ0) is 12.8. The lowest BCUT2D eigenvalue weighted by Gasteiger charge is -2.22. The highest BCUT2D eigenvalue weighted by atomic mass is 15.2. The molecule has 0 aliphatic rings. The summed E-state index contributed by atoms with van der Waals surface area (Å²) in [7, 11) is 1.98. The Hall–Kier alpha value is -0.830. The van der Waals surface area contributed by atoms with Crippen LogP contribution in [0.5, 0.6) is 0 Å². The second kappa shape index (κ2) is 6.80. The minimum absolute atomic E-state index is 0.578. The zero-order valence-corrected chi connectivity index (χ0v) is 11.9. The fourth-order valence-electron chi connectivity index (χ4n) is 2.01. The van der Waals surface area contributed by atoms with Gasteiger partial charge in [-0.3, -0.25) is 4.68 Å². The number of aryl methyl sites for hydroxylation is 2. The van der Waals surface area contributed by atoms with Crippen LogP contribution in [0.4, 0.5) is 0 Å². The first-order chi connectivity index (χ1) is 7.99. The molecule has 0 aromatic carbocycles. The molecule has 0 bridgehead atoms. The second-order valence-corrected chi connectivity index (χ2v) is 5.63. The molecule has 0 spiro atoms. The van der Waals surface area contributed by atoms with E-state index >= 15 is 0 Å². The molecule has 1 aromatic heterocycles. The molecule has 0 aliphatic heterocycles. The van der Waals surface area contributed by atoms with Gasteiger partial charge in [-0.05, 0) is 36.8 Å². The molecule has 17 heavy (non-hydrogen) atoms. The molecule has 1 rings (SSSR count). The van der Waals surface area contributed by atoms with Crippen LogP contribution in [0.1, 0.15) is 39.7 Å². The van der Waals surface area contributed by atoms with Crippen molar-refractivity contribution in [2.24, 2.45) is 18.9 Å². The molecule has 3 heteroatoms. The largest absolute Gasteiger partial charge is 0.314 e. The Bertz CT molecular complexity index is 315. The molecule has 3 nitrogen and oxygen atoms in total. The minimum atomic E-state index is 0.578. The van der Waals surface area contributed by atoms with Crippen LogP contribution in [0.3, 0.4) is 0 Å². The van der Waals surface area contributed by atoms with Crippen molar-refractivity contribution < 1.29 is 0 Å². The molecule has 0 aliphatic carbocycles. The summed E-state index contributed by atoms with van der Waals surface area (Å²) in [5, 5.41) is 7.76. The standard InChI is InChI=1S/C14H27N3/c1-11(2)14(9-15-12(3)4)7-6-13-8-16-17(5)10-13/h8,10-12,14-15H,6-7,9H2,1-5H3. The van der Waals surface area contributed by atoms with Crippen LogP contribution in [-0.4, -0.2) is 22.4 Å². The van der Waals surface area contributed by atoms with E-state index in [1.165, 1.54) is 12.0 Å². The maximum atomic E-state index is 4.21. The van der Waals surface area contributed by atoms with Crippen molar-refractivity contribution in [2.45, 2.75) is 46.6 Å². The smallest absolute Gasteiger partial charge is 0.0521 e. The molecule has 98 valence electrons. The van der Waals surface area contributed by atoms with Gasteiger partial charge in [0, 0.05) is 19.3 Å². The van der Waals surface area contributed by atoms with E-state index in [2.05, 4.69) is 44.3 Å². The Morgan fingerprint density at radius 1 is 1.29 bits per heavy atom. The van der Waals surface area contributed by atoms with Crippen LogP contribution < -0.4 is 5.32 Å². The van der Waals surface area contributed by atoms with Gasteiger partial charge in [-0.1, -0.05) is 27.7 Å². The highest BCUT2D eigenvalue weighted by molar-refractivity contribution is 5.03. The fraction of sp³-hybridized carbons (Fsp3) is 0.786. The van der Waals surface area contributed by atoms with Crippen LogP contribution in [0.15, 0.2) is 12.4 Å². The average molecular weight is 237 g/mol. The van der Waals surface area contributed by atoms with Gasteiger partial charge in [0.1, 0.15) is 0 Å². The van der Waals surface area contributed by atoms with Gasteiger partial charge in [-0.15, -0.1) is 0 Å². The van der Waals surface area contributed by atoms with Crippen molar-refractivity contribution in [1.29, 1.82) is 0 Å². The molecule has 1 unspecified atom stereocenters. The van der Waals surface area contributed by atoms with Gasteiger partial charge in [-0.2, -0.15) is 5.10 Å². The molecule has 1 aromatic rings. The summed E-state index contributed by atoms with van der Waals surface area (Å²) in [4.78, 5) is 0. The Morgan fingerprint density at radius 2 is 2.00 bits per heavy atom. The van der Waals surface area contributed by atoms with E-state index in [-0.39, 0.29) is 0 Å². The highest BCUT2D eigenvalue weighted by Crippen LogP contribution is 2.17. The molecule has 0 amide bonds.